The lowest BCUT2D eigenvalue weighted by molar-refractivity contribution is -0.139. The van der Waals surface area contributed by atoms with Crippen molar-refractivity contribution in [3.05, 3.63) is 60.2 Å². The number of methoxy groups -OCH3 is 1. The minimum Gasteiger partial charge on any atom is -0.497 e. The number of anilines is 1. The molecule has 0 aromatic heterocycles. The third-order valence-electron chi connectivity index (χ3n) is 3.35. The Morgan fingerprint density at radius 2 is 1.75 bits per heavy atom. The van der Waals surface area contributed by atoms with Gasteiger partial charge in [0.25, 0.3) is 5.91 Å². The number of nitrogens with one attached hydrogen (secondary N) is 2. The lowest BCUT2D eigenvalue weighted by Crippen LogP contribution is -2.41. The Balaban J connectivity index is 2.22. The Bertz CT molecular complexity index is 747. The van der Waals surface area contributed by atoms with Gasteiger partial charge in [-0.3, -0.25) is 19.8 Å². The van der Waals surface area contributed by atoms with Gasteiger partial charge in [-0.15, -0.1) is 0 Å². The van der Waals surface area contributed by atoms with E-state index in [1.54, 1.807) is 54.6 Å². The van der Waals surface area contributed by atoms with Crippen LogP contribution in [0.2, 0.25) is 0 Å². The molecule has 0 saturated carbocycles. The van der Waals surface area contributed by atoms with Crippen molar-refractivity contribution in [3.8, 4) is 5.75 Å². The van der Waals surface area contributed by atoms with E-state index >= 15 is 0 Å². The van der Waals surface area contributed by atoms with Gasteiger partial charge in [0.2, 0.25) is 11.7 Å². The van der Waals surface area contributed by atoms with Crippen LogP contribution in [-0.4, -0.2) is 24.7 Å². The van der Waals surface area contributed by atoms with Gasteiger partial charge in [0.1, 0.15) is 11.7 Å². The summed E-state index contributed by atoms with van der Waals surface area (Å²) in [6.45, 7) is 0. The summed E-state index contributed by atoms with van der Waals surface area (Å²) in [5.41, 5.74) is 2.68. The first-order chi connectivity index (χ1) is 11.6. The first-order valence-electron chi connectivity index (χ1n) is 7.11. The number of ether oxygens (including phenoxy) is 1. The Morgan fingerprint density at radius 3 is 2.38 bits per heavy atom. The molecule has 1 unspecified atom stereocenters. The minimum atomic E-state index is -1.32. The molecule has 7 nitrogen and oxygen atoms in total. The van der Waals surface area contributed by atoms with Gasteiger partial charge in [0.15, 0.2) is 0 Å². The number of carbonyl (C=O) groups excluding carboxylic acids is 3. The highest BCUT2D eigenvalue weighted by Crippen LogP contribution is 2.20. The fraction of sp³-hybridized carbons (Fsp3) is 0.118. The third kappa shape index (κ3) is 3.96. The molecule has 4 N–H and O–H groups in total. The summed E-state index contributed by atoms with van der Waals surface area (Å²) in [5.74, 6) is 1.76. The molecular weight excluding hydrogens is 310 g/mol. The molecule has 0 saturated heterocycles. The average Bonchev–Trinajstić information content (AvgIpc) is 2.62. The number of benzene rings is 2. The maximum atomic E-state index is 12.4. The molecule has 0 aliphatic carbocycles. The van der Waals surface area contributed by atoms with Crippen molar-refractivity contribution in [3.63, 3.8) is 0 Å². The molecule has 0 spiro atoms. The number of Topliss-reactive ketones (excluding diaryl/α,β-unsaturated/α-hetero) is 1. The van der Waals surface area contributed by atoms with Crippen molar-refractivity contribution in [2.24, 2.45) is 5.84 Å². The molecule has 2 aromatic carbocycles. The number of amides is 2. The van der Waals surface area contributed by atoms with Crippen LogP contribution in [0.25, 0.3) is 0 Å². The highest BCUT2D eigenvalue weighted by atomic mass is 16.5. The van der Waals surface area contributed by atoms with E-state index in [9.17, 15) is 14.4 Å². The van der Waals surface area contributed by atoms with E-state index < -0.39 is 23.5 Å². The summed E-state index contributed by atoms with van der Waals surface area (Å²) < 4.78 is 5.05. The Labute approximate surface area is 138 Å². The van der Waals surface area contributed by atoms with Crippen LogP contribution in [0.15, 0.2) is 54.6 Å². The Kier molecular flexibility index (Phi) is 5.64. The van der Waals surface area contributed by atoms with E-state index in [0.29, 0.717) is 17.0 Å². The first-order valence-corrected chi connectivity index (χ1v) is 7.11. The Hall–Kier alpha value is -3.19. The molecule has 0 aliphatic heterocycles. The second-order valence-electron chi connectivity index (χ2n) is 4.90. The molecule has 24 heavy (non-hydrogen) atoms. The van der Waals surface area contributed by atoms with E-state index in [0.717, 1.165) is 0 Å². The fourth-order valence-electron chi connectivity index (χ4n) is 2.18. The van der Waals surface area contributed by atoms with E-state index in [1.165, 1.54) is 7.11 Å². The van der Waals surface area contributed by atoms with Gasteiger partial charge < -0.3 is 10.1 Å². The first kappa shape index (κ1) is 17.2. The number of nitrogens with two attached hydrogens (primary N) is 1. The smallest absolute Gasteiger partial charge is 0.292 e. The lowest BCUT2D eigenvalue weighted by Gasteiger charge is -2.14. The minimum absolute atomic E-state index is 0.381. The van der Waals surface area contributed by atoms with Crippen molar-refractivity contribution in [1.29, 1.82) is 0 Å². The monoisotopic (exact) mass is 327 g/mol. The van der Waals surface area contributed by atoms with Gasteiger partial charge in [-0.05, 0) is 17.7 Å². The summed E-state index contributed by atoms with van der Waals surface area (Å²) in [4.78, 5) is 36.6. The van der Waals surface area contributed by atoms with Gasteiger partial charge in [-0.25, -0.2) is 5.84 Å². The number of hydrogen-bond donors (Lipinski definition) is 3. The zero-order valence-electron chi connectivity index (χ0n) is 13.0. The Morgan fingerprint density at radius 1 is 1.04 bits per heavy atom. The molecule has 124 valence electrons. The second-order valence-corrected chi connectivity index (χ2v) is 4.90. The van der Waals surface area contributed by atoms with Gasteiger partial charge in [-0.2, -0.15) is 0 Å². The average molecular weight is 327 g/mol. The molecule has 0 fully saturated rings. The standard InChI is InChI=1S/C17H17N3O4/c1-24-13-9-5-8-12(10-13)19-17(23)15(21)14(16(22)20-18)11-6-3-2-4-7-11/h2-10,14H,18H2,1H3,(H,19,23)(H,20,22). The van der Waals surface area contributed by atoms with Crippen LogP contribution in [0.5, 0.6) is 5.75 Å². The summed E-state index contributed by atoms with van der Waals surface area (Å²) in [5, 5.41) is 2.46. The summed E-state index contributed by atoms with van der Waals surface area (Å²) in [6.07, 6.45) is 0. The predicted octanol–water partition coefficient (Wildman–Crippen LogP) is 0.976. The van der Waals surface area contributed by atoms with Crippen LogP contribution in [-0.2, 0) is 14.4 Å². The van der Waals surface area contributed by atoms with E-state index in [2.05, 4.69) is 5.32 Å². The van der Waals surface area contributed by atoms with Crippen LogP contribution < -0.4 is 21.3 Å². The van der Waals surface area contributed by atoms with Crippen molar-refractivity contribution in [2.75, 3.05) is 12.4 Å². The summed E-state index contributed by atoms with van der Waals surface area (Å²) >= 11 is 0. The second kappa shape index (κ2) is 7.89. The molecule has 0 aliphatic rings. The third-order valence-corrected chi connectivity index (χ3v) is 3.35. The van der Waals surface area contributed by atoms with E-state index in [1.807, 2.05) is 5.43 Å². The zero-order valence-corrected chi connectivity index (χ0v) is 13.0. The maximum Gasteiger partial charge on any atom is 0.292 e. The highest BCUT2D eigenvalue weighted by Gasteiger charge is 2.32. The summed E-state index contributed by atoms with van der Waals surface area (Å²) in [6, 6.07) is 14.8. The van der Waals surface area contributed by atoms with Crippen molar-refractivity contribution in [2.45, 2.75) is 5.92 Å². The lowest BCUT2D eigenvalue weighted by atomic mass is 9.93. The van der Waals surface area contributed by atoms with Crippen LogP contribution >= 0.6 is 0 Å². The molecule has 7 heteroatoms. The molecule has 0 radical (unpaired) electrons. The molecule has 0 bridgehead atoms. The summed E-state index contributed by atoms with van der Waals surface area (Å²) in [7, 11) is 1.49. The zero-order chi connectivity index (χ0) is 17.5. The molecule has 2 rings (SSSR count). The van der Waals surface area contributed by atoms with Crippen LogP contribution in [0.3, 0.4) is 0 Å². The number of ketones is 1. The highest BCUT2D eigenvalue weighted by molar-refractivity contribution is 6.45. The van der Waals surface area contributed by atoms with E-state index in [4.69, 9.17) is 10.6 Å². The topological polar surface area (TPSA) is 111 Å². The maximum absolute atomic E-state index is 12.4. The van der Waals surface area contributed by atoms with Crippen LogP contribution in [0.1, 0.15) is 11.5 Å². The SMILES string of the molecule is COc1cccc(NC(=O)C(=O)C(C(=O)NN)c2ccccc2)c1. The molecule has 0 heterocycles. The number of hydrazine groups is 1. The van der Waals surface area contributed by atoms with Crippen LogP contribution in [0, 0.1) is 0 Å². The van der Waals surface area contributed by atoms with E-state index in [-0.39, 0.29) is 0 Å². The normalized spacial score (nSPS) is 11.2. The van der Waals surface area contributed by atoms with Gasteiger partial charge >= 0.3 is 0 Å². The van der Waals surface area contributed by atoms with Crippen molar-refractivity contribution in [1.82, 2.24) is 5.43 Å². The van der Waals surface area contributed by atoms with Gasteiger partial charge in [0, 0.05) is 11.8 Å². The quantitative estimate of drug-likeness (QED) is 0.241. The van der Waals surface area contributed by atoms with Crippen molar-refractivity contribution < 1.29 is 19.1 Å². The van der Waals surface area contributed by atoms with Gasteiger partial charge in [-0.1, -0.05) is 36.4 Å². The molecule has 1 atom stereocenters. The predicted molar refractivity (Wildman–Crippen MR) is 88.1 cm³/mol. The molecule has 2 amide bonds. The molecule has 2 aromatic rings. The molecular formula is C17H17N3O4. The number of carbonyl (C=O) groups is 3. The number of hydrogen-bond acceptors (Lipinski definition) is 5. The van der Waals surface area contributed by atoms with Crippen molar-refractivity contribution >= 4 is 23.3 Å². The van der Waals surface area contributed by atoms with Gasteiger partial charge in [0.05, 0.1) is 7.11 Å². The largest absolute Gasteiger partial charge is 0.497 e. The fourth-order valence-corrected chi connectivity index (χ4v) is 2.18. The van der Waals surface area contributed by atoms with Crippen LogP contribution in [0.4, 0.5) is 5.69 Å². The number of rotatable bonds is 6.